The Balaban J connectivity index is 3.03. The minimum Gasteiger partial charge on any atom is -0.334 e. The van der Waals surface area contributed by atoms with E-state index in [1.54, 1.807) is 12.1 Å². The Labute approximate surface area is 113 Å². The Kier molecular flexibility index (Phi) is 4.75. The van der Waals surface area contributed by atoms with Gasteiger partial charge in [0, 0.05) is 0 Å². The summed E-state index contributed by atoms with van der Waals surface area (Å²) >= 11 is 6.10. The molecule has 0 fully saturated rings. The molecular weight excluding hydrogens is 248 g/mol. The van der Waals surface area contributed by atoms with Crippen molar-refractivity contribution in [3.8, 4) is 6.07 Å². The van der Waals surface area contributed by atoms with Gasteiger partial charge in [-0.25, -0.2) is 0 Å². The fourth-order valence-corrected chi connectivity index (χ4v) is 1.93. The Hall–Kier alpha value is -1.53. The number of hydrogen-bond donors (Lipinski definition) is 1. The summed E-state index contributed by atoms with van der Waals surface area (Å²) in [5.41, 5.74) is 0.447. The van der Waals surface area contributed by atoms with E-state index in [9.17, 15) is 10.1 Å². The van der Waals surface area contributed by atoms with Gasteiger partial charge in [-0.2, -0.15) is 5.26 Å². The van der Waals surface area contributed by atoms with Crippen molar-refractivity contribution >= 4 is 17.5 Å². The van der Waals surface area contributed by atoms with Gasteiger partial charge in [-0.05, 0) is 31.4 Å². The second-order valence-electron chi connectivity index (χ2n) is 4.29. The minimum atomic E-state index is -0.815. The SMILES string of the molecule is CCC(C#N)(CC)NC(=O)c1cccc(C)c1Cl. The third kappa shape index (κ3) is 2.83. The minimum absolute atomic E-state index is 0.297. The first-order chi connectivity index (χ1) is 8.49. The molecule has 0 saturated carbocycles. The van der Waals surface area contributed by atoms with E-state index in [0.717, 1.165) is 5.56 Å². The quantitative estimate of drug-likeness (QED) is 0.905. The zero-order valence-corrected chi connectivity index (χ0v) is 11.6. The first kappa shape index (κ1) is 14.5. The van der Waals surface area contributed by atoms with Crippen molar-refractivity contribution in [1.82, 2.24) is 5.32 Å². The third-order valence-corrected chi connectivity index (χ3v) is 3.71. The van der Waals surface area contributed by atoms with Gasteiger partial charge in [-0.15, -0.1) is 0 Å². The van der Waals surface area contributed by atoms with E-state index in [2.05, 4.69) is 11.4 Å². The fraction of sp³-hybridized carbons (Fsp3) is 0.429. The van der Waals surface area contributed by atoms with E-state index in [-0.39, 0.29) is 5.91 Å². The molecular formula is C14H17ClN2O. The molecule has 0 radical (unpaired) electrons. The average Bonchev–Trinajstić information content (AvgIpc) is 2.39. The predicted octanol–water partition coefficient (Wildman–Crippen LogP) is 3.46. The standard InChI is InChI=1S/C14H17ClN2O/c1-4-14(5-2,9-16)17-13(18)11-8-6-7-10(3)12(11)15/h6-8H,4-5H2,1-3H3,(H,17,18). The van der Waals surface area contributed by atoms with Crippen LogP contribution in [0.25, 0.3) is 0 Å². The van der Waals surface area contributed by atoms with Crippen LogP contribution in [0.5, 0.6) is 0 Å². The second-order valence-corrected chi connectivity index (χ2v) is 4.67. The van der Waals surface area contributed by atoms with Crippen molar-refractivity contribution in [2.45, 2.75) is 39.2 Å². The van der Waals surface area contributed by atoms with E-state index in [4.69, 9.17) is 11.6 Å². The Bertz CT molecular complexity index is 487. The zero-order valence-electron chi connectivity index (χ0n) is 10.9. The van der Waals surface area contributed by atoms with Crippen molar-refractivity contribution in [2.75, 3.05) is 0 Å². The van der Waals surface area contributed by atoms with Gasteiger partial charge in [-0.1, -0.05) is 37.6 Å². The number of nitrogens with zero attached hydrogens (tertiary/aromatic N) is 1. The molecule has 1 aromatic carbocycles. The van der Waals surface area contributed by atoms with Crippen LogP contribution >= 0.6 is 11.6 Å². The van der Waals surface area contributed by atoms with Crippen LogP contribution in [0.2, 0.25) is 5.02 Å². The molecule has 1 amide bonds. The molecule has 0 aliphatic carbocycles. The number of nitrogens with one attached hydrogen (secondary N) is 1. The molecule has 1 N–H and O–H groups in total. The van der Waals surface area contributed by atoms with Gasteiger partial charge in [0.05, 0.1) is 16.7 Å². The molecule has 96 valence electrons. The van der Waals surface area contributed by atoms with Crippen LogP contribution in [0.4, 0.5) is 0 Å². The van der Waals surface area contributed by atoms with E-state index in [0.29, 0.717) is 23.4 Å². The summed E-state index contributed by atoms with van der Waals surface area (Å²) < 4.78 is 0. The van der Waals surface area contributed by atoms with Gasteiger partial charge < -0.3 is 5.32 Å². The lowest BCUT2D eigenvalue weighted by atomic mass is 9.94. The van der Waals surface area contributed by atoms with Crippen LogP contribution in [-0.2, 0) is 0 Å². The summed E-state index contributed by atoms with van der Waals surface area (Å²) in [6, 6.07) is 7.46. The summed E-state index contributed by atoms with van der Waals surface area (Å²) in [5.74, 6) is -0.297. The van der Waals surface area contributed by atoms with Crippen molar-refractivity contribution in [3.05, 3.63) is 34.3 Å². The number of amides is 1. The lowest BCUT2D eigenvalue weighted by Crippen LogP contribution is -2.46. The first-order valence-corrected chi connectivity index (χ1v) is 6.36. The monoisotopic (exact) mass is 264 g/mol. The number of halogens is 1. The number of aryl methyl sites for hydroxylation is 1. The molecule has 1 rings (SSSR count). The van der Waals surface area contributed by atoms with E-state index in [1.165, 1.54) is 0 Å². The summed E-state index contributed by atoms with van der Waals surface area (Å²) in [6.45, 7) is 5.60. The van der Waals surface area contributed by atoms with Gasteiger partial charge in [-0.3, -0.25) is 4.79 Å². The van der Waals surface area contributed by atoms with Gasteiger partial charge in [0.25, 0.3) is 5.91 Å². The fourth-order valence-electron chi connectivity index (χ4n) is 1.72. The number of rotatable bonds is 4. The van der Waals surface area contributed by atoms with E-state index in [1.807, 2.05) is 26.8 Å². The van der Waals surface area contributed by atoms with Crippen LogP contribution < -0.4 is 5.32 Å². The predicted molar refractivity (Wildman–Crippen MR) is 72.6 cm³/mol. The first-order valence-electron chi connectivity index (χ1n) is 5.98. The Morgan fingerprint density at radius 1 is 1.44 bits per heavy atom. The van der Waals surface area contributed by atoms with Crippen molar-refractivity contribution < 1.29 is 4.79 Å². The highest BCUT2D eigenvalue weighted by Crippen LogP contribution is 2.22. The maximum Gasteiger partial charge on any atom is 0.254 e. The second kappa shape index (κ2) is 5.88. The molecule has 0 aromatic heterocycles. The number of nitriles is 1. The summed E-state index contributed by atoms with van der Waals surface area (Å²) in [6.07, 6.45) is 1.13. The lowest BCUT2D eigenvalue weighted by molar-refractivity contribution is 0.0915. The van der Waals surface area contributed by atoms with Crippen LogP contribution in [0.15, 0.2) is 18.2 Å². The maximum absolute atomic E-state index is 12.2. The third-order valence-electron chi connectivity index (χ3n) is 3.21. The molecule has 1 aromatic rings. The van der Waals surface area contributed by atoms with Crippen molar-refractivity contribution in [3.63, 3.8) is 0 Å². The Morgan fingerprint density at radius 3 is 2.56 bits per heavy atom. The largest absolute Gasteiger partial charge is 0.334 e. The molecule has 3 nitrogen and oxygen atoms in total. The van der Waals surface area contributed by atoms with Crippen LogP contribution in [0, 0.1) is 18.3 Å². The van der Waals surface area contributed by atoms with Crippen molar-refractivity contribution in [1.29, 1.82) is 5.26 Å². The number of hydrogen-bond acceptors (Lipinski definition) is 2. The molecule has 0 bridgehead atoms. The number of carbonyl (C=O) groups is 1. The molecule has 0 spiro atoms. The summed E-state index contributed by atoms with van der Waals surface area (Å²) in [5, 5.41) is 12.4. The van der Waals surface area contributed by atoms with E-state index >= 15 is 0 Å². The average molecular weight is 265 g/mol. The normalized spacial score (nSPS) is 10.8. The van der Waals surface area contributed by atoms with Gasteiger partial charge >= 0.3 is 0 Å². The highest BCUT2D eigenvalue weighted by molar-refractivity contribution is 6.34. The van der Waals surface area contributed by atoms with Gasteiger partial charge in [0.1, 0.15) is 5.54 Å². The lowest BCUT2D eigenvalue weighted by Gasteiger charge is -2.25. The zero-order chi connectivity index (χ0) is 13.8. The molecule has 0 aliphatic rings. The number of carbonyl (C=O) groups excluding carboxylic acids is 1. The van der Waals surface area contributed by atoms with Gasteiger partial charge in [0.2, 0.25) is 0 Å². The summed E-state index contributed by atoms with van der Waals surface area (Å²) in [4.78, 5) is 12.2. The molecule has 4 heteroatoms. The number of benzene rings is 1. The van der Waals surface area contributed by atoms with Crippen LogP contribution in [0.1, 0.15) is 42.6 Å². The molecule has 0 atom stereocenters. The van der Waals surface area contributed by atoms with Crippen LogP contribution in [-0.4, -0.2) is 11.4 Å². The van der Waals surface area contributed by atoms with Crippen molar-refractivity contribution in [2.24, 2.45) is 0 Å². The highest BCUT2D eigenvalue weighted by atomic mass is 35.5. The van der Waals surface area contributed by atoms with Gasteiger partial charge in [0.15, 0.2) is 0 Å². The molecule has 0 unspecified atom stereocenters. The van der Waals surface area contributed by atoms with E-state index < -0.39 is 5.54 Å². The molecule has 18 heavy (non-hydrogen) atoms. The highest BCUT2D eigenvalue weighted by Gasteiger charge is 2.28. The molecule has 0 heterocycles. The smallest absolute Gasteiger partial charge is 0.254 e. The van der Waals surface area contributed by atoms with Crippen LogP contribution in [0.3, 0.4) is 0 Å². The maximum atomic E-state index is 12.2. The summed E-state index contributed by atoms with van der Waals surface area (Å²) in [7, 11) is 0. The Morgan fingerprint density at radius 2 is 2.06 bits per heavy atom. The molecule has 0 aliphatic heterocycles. The molecule has 0 saturated heterocycles. The topological polar surface area (TPSA) is 52.9 Å².